The highest BCUT2D eigenvalue weighted by Gasteiger charge is 2.20. The normalized spacial score (nSPS) is 17.8. The summed E-state index contributed by atoms with van der Waals surface area (Å²) < 4.78 is 4.95. The van der Waals surface area contributed by atoms with Crippen molar-refractivity contribution in [1.29, 1.82) is 0 Å². The minimum Gasteiger partial charge on any atom is -0.461 e. The lowest BCUT2D eigenvalue weighted by molar-refractivity contribution is -0.140. The molecule has 24 heavy (non-hydrogen) atoms. The predicted octanol–water partition coefficient (Wildman–Crippen LogP) is -0.553. The molecule has 0 radical (unpaired) electrons. The minimum atomic E-state index is -0.619. The molecule has 8 heteroatoms. The Morgan fingerprint density at radius 3 is 2.21 bits per heavy atom. The zero-order valence-electron chi connectivity index (χ0n) is 13.7. The molecule has 8 nitrogen and oxygen atoms in total. The lowest BCUT2D eigenvalue weighted by Gasteiger charge is -2.15. The van der Waals surface area contributed by atoms with E-state index in [1.807, 2.05) is 0 Å². The molecular formula is C16H23N3O5. The number of nitrogens with zero attached hydrogens (tertiary/aromatic N) is 2. The van der Waals surface area contributed by atoms with Gasteiger partial charge in [-0.3, -0.25) is 14.4 Å². The summed E-state index contributed by atoms with van der Waals surface area (Å²) in [4.78, 5) is 49.2. The zero-order valence-corrected chi connectivity index (χ0v) is 13.7. The van der Waals surface area contributed by atoms with E-state index < -0.39 is 11.9 Å². The zero-order chi connectivity index (χ0) is 17.4. The van der Waals surface area contributed by atoms with Crippen molar-refractivity contribution < 1.29 is 23.9 Å². The van der Waals surface area contributed by atoms with Crippen molar-refractivity contribution in [3.63, 3.8) is 0 Å². The van der Waals surface area contributed by atoms with Crippen LogP contribution in [-0.4, -0.2) is 72.8 Å². The molecule has 0 aromatic rings. The Bertz CT molecular complexity index is 486. The van der Waals surface area contributed by atoms with Gasteiger partial charge in [0.25, 0.3) is 0 Å². The van der Waals surface area contributed by atoms with Crippen molar-refractivity contribution >= 4 is 23.7 Å². The molecule has 3 amide bonds. The predicted molar refractivity (Wildman–Crippen MR) is 84.7 cm³/mol. The number of esters is 1. The molecule has 0 aromatic carbocycles. The Hall–Kier alpha value is -2.38. The summed E-state index contributed by atoms with van der Waals surface area (Å²) in [7, 11) is 0. The van der Waals surface area contributed by atoms with Crippen molar-refractivity contribution in [2.75, 3.05) is 39.3 Å². The third-order valence-electron chi connectivity index (χ3n) is 4.00. The van der Waals surface area contributed by atoms with Gasteiger partial charge in [0.15, 0.2) is 0 Å². The SMILES string of the molecule is O=C(/C=C\C(=O)OCCN1CCCC1=O)NCCN1CCCC1=O. The Morgan fingerprint density at radius 1 is 1.00 bits per heavy atom. The number of likely N-dealkylation sites (tertiary alicyclic amines) is 2. The number of ether oxygens (including phenoxy) is 1. The molecule has 2 heterocycles. The second kappa shape index (κ2) is 9.05. The summed E-state index contributed by atoms with van der Waals surface area (Å²) >= 11 is 0. The highest BCUT2D eigenvalue weighted by molar-refractivity contribution is 5.94. The number of hydrogen-bond acceptors (Lipinski definition) is 5. The third kappa shape index (κ3) is 5.68. The highest BCUT2D eigenvalue weighted by atomic mass is 16.5. The van der Waals surface area contributed by atoms with E-state index in [-0.39, 0.29) is 18.4 Å². The fourth-order valence-corrected chi connectivity index (χ4v) is 2.70. The first-order valence-electron chi connectivity index (χ1n) is 8.24. The summed E-state index contributed by atoms with van der Waals surface area (Å²) in [5, 5.41) is 2.61. The van der Waals surface area contributed by atoms with Crippen LogP contribution in [0, 0.1) is 0 Å². The van der Waals surface area contributed by atoms with Crippen LogP contribution in [0.3, 0.4) is 0 Å². The van der Waals surface area contributed by atoms with Crippen LogP contribution in [0.1, 0.15) is 25.7 Å². The molecule has 2 rings (SSSR count). The van der Waals surface area contributed by atoms with Crippen LogP contribution in [0.2, 0.25) is 0 Å². The standard InChI is InChI=1S/C16H23N3O5/c20-13(17-7-10-18-8-1-3-14(18)21)5-6-16(23)24-12-11-19-9-2-4-15(19)22/h5-6H,1-4,7-12H2,(H,17,20)/b6-5-. The van der Waals surface area contributed by atoms with Crippen LogP contribution in [0.5, 0.6) is 0 Å². The van der Waals surface area contributed by atoms with Gasteiger partial charge in [-0.25, -0.2) is 4.79 Å². The molecule has 0 bridgehead atoms. The molecule has 0 unspecified atom stereocenters. The average molecular weight is 337 g/mol. The van der Waals surface area contributed by atoms with Gasteiger partial charge in [-0.1, -0.05) is 0 Å². The van der Waals surface area contributed by atoms with Gasteiger partial charge in [-0.2, -0.15) is 0 Å². The molecule has 2 aliphatic rings. The van der Waals surface area contributed by atoms with Gasteiger partial charge in [0.05, 0.1) is 6.54 Å². The van der Waals surface area contributed by atoms with E-state index in [4.69, 9.17) is 4.74 Å². The number of hydrogen-bond donors (Lipinski definition) is 1. The Morgan fingerprint density at radius 2 is 1.62 bits per heavy atom. The van der Waals surface area contributed by atoms with E-state index >= 15 is 0 Å². The van der Waals surface area contributed by atoms with E-state index in [0.717, 1.165) is 31.5 Å². The summed E-state index contributed by atoms with van der Waals surface area (Å²) in [5.41, 5.74) is 0. The fraction of sp³-hybridized carbons (Fsp3) is 0.625. The minimum absolute atomic E-state index is 0.0810. The number of amides is 3. The molecule has 2 saturated heterocycles. The van der Waals surface area contributed by atoms with Crippen LogP contribution in [-0.2, 0) is 23.9 Å². The molecule has 0 spiro atoms. The topological polar surface area (TPSA) is 96.0 Å². The van der Waals surface area contributed by atoms with Gasteiger partial charge in [0.2, 0.25) is 17.7 Å². The second-order valence-corrected chi connectivity index (χ2v) is 5.76. The monoisotopic (exact) mass is 337 g/mol. The third-order valence-corrected chi connectivity index (χ3v) is 4.00. The van der Waals surface area contributed by atoms with Gasteiger partial charge in [0.1, 0.15) is 6.61 Å². The fourth-order valence-electron chi connectivity index (χ4n) is 2.70. The number of carbonyl (C=O) groups excluding carboxylic acids is 4. The average Bonchev–Trinajstić information content (AvgIpc) is 3.14. The van der Waals surface area contributed by atoms with Gasteiger partial charge in [0, 0.05) is 51.2 Å². The Balaban J connectivity index is 1.55. The smallest absolute Gasteiger partial charge is 0.331 e. The van der Waals surface area contributed by atoms with Crippen molar-refractivity contribution in [1.82, 2.24) is 15.1 Å². The molecule has 1 N–H and O–H groups in total. The summed E-state index contributed by atoms with van der Waals surface area (Å²) in [6.07, 6.45) is 4.99. The Kier molecular flexibility index (Phi) is 6.77. The van der Waals surface area contributed by atoms with Crippen LogP contribution in [0.25, 0.3) is 0 Å². The molecule has 132 valence electrons. The van der Waals surface area contributed by atoms with Gasteiger partial charge < -0.3 is 19.9 Å². The van der Waals surface area contributed by atoms with E-state index in [2.05, 4.69) is 5.32 Å². The number of rotatable bonds is 8. The first-order valence-corrected chi connectivity index (χ1v) is 8.24. The van der Waals surface area contributed by atoms with E-state index in [9.17, 15) is 19.2 Å². The molecule has 0 aliphatic carbocycles. The van der Waals surface area contributed by atoms with Crippen LogP contribution in [0.15, 0.2) is 12.2 Å². The van der Waals surface area contributed by atoms with E-state index in [1.165, 1.54) is 0 Å². The van der Waals surface area contributed by atoms with Gasteiger partial charge in [-0.15, -0.1) is 0 Å². The van der Waals surface area contributed by atoms with Crippen LogP contribution >= 0.6 is 0 Å². The quantitative estimate of drug-likeness (QED) is 0.473. The maximum Gasteiger partial charge on any atom is 0.331 e. The van der Waals surface area contributed by atoms with Crippen LogP contribution < -0.4 is 5.32 Å². The van der Waals surface area contributed by atoms with Crippen molar-refractivity contribution in [3.05, 3.63) is 12.2 Å². The lowest BCUT2D eigenvalue weighted by Crippen LogP contribution is -2.34. The maximum atomic E-state index is 11.6. The first kappa shape index (κ1) is 18.0. The van der Waals surface area contributed by atoms with E-state index in [0.29, 0.717) is 39.0 Å². The first-order chi connectivity index (χ1) is 11.6. The summed E-state index contributed by atoms with van der Waals surface area (Å²) in [5.74, 6) is -0.836. The molecule has 0 atom stereocenters. The molecular weight excluding hydrogens is 314 g/mol. The summed E-state index contributed by atoms with van der Waals surface area (Å²) in [6.45, 7) is 2.76. The molecule has 2 fully saturated rings. The molecule has 0 aromatic heterocycles. The largest absolute Gasteiger partial charge is 0.461 e. The number of carbonyl (C=O) groups is 4. The van der Waals surface area contributed by atoms with Gasteiger partial charge >= 0.3 is 5.97 Å². The lowest BCUT2D eigenvalue weighted by atomic mass is 10.4. The Labute approximate surface area is 140 Å². The van der Waals surface area contributed by atoms with Crippen molar-refractivity contribution in [2.45, 2.75) is 25.7 Å². The van der Waals surface area contributed by atoms with Crippen molar-refractivity contribution in [3.8, 4) is 0 Å². The summed E-state index contributed by atoms with van der Waals surface area (Å²) in [6, 6.07) is 0. The van der Waals surface area contributed by atoms with Gasteiger partial charge in [-0.05, 0) is 12.8 Å². The highest BCUT2D eigenvalue weighted by Crippen LogP contribution is 2.08. The van der Waals surface area contributed by atoms with E-state index in [1.54, 1.807) is 9.80 Å². The molecule has 2 aliphatic heterocycles. The van der Waals surface area contributed by atoms with Crippen LogP contribution in [0.4, 0.5) is 0 Å². The van der Waals surface area contributed by atoms with Crippen molar-refractivity contribution in [2.24, 2.45) is 0 Å². The maximum absolute atomic E-state index is 11.6. The second-order valence-electron chi connectivity index (χ2n) is 5.76. The molecule has 0 saturated carbocycles. The number of nitrogens with one attached hydrogen (secondary N) is 1.